The first-order chi connectivity index (χ1) is 6.90. The summed E-state index contributed by atoms with van der Waals surface area (Å²) in [6.07, 6.45) is 5.01. The van der Waals surface area contributed by atoms with Crippen LogP contribution in [0.4, 0.5) is 0 Å². The molecule has 1 atom stereocenters. The van der Waals surface area contributed by atoms with E-state index in [1.165, 1.54) is 37.1 Å². The zero-order chi connectivity index (χ0) is 9.54. The Labute approximate surface area is 83.7 Å². The third-order valence-corrected chi connectivity index (χ3v) is 3.28. The molecule has 0 bridgehead atoms. The standard InChI is InChI=1S/C10H16N4/c1-11-6-7-2-5-9-10(7)12-13-14(9)8-3-4-8/h7-8,11H,2-6H2,1H3. The van der Waals surface area contributed by atoms with E-state index in [4.69, 9.17) is 0 Å². The molecule has 14 heavy (non-hydrogen) atoms. The lowest BCUT2D eigenvalue weighted by Crippen LogP contribution is -2.15. The van der Waals surface area contributed by atoms with E-state index >= 15 is 0 Å². The molecule has 0 amide bonds. The van der Waals surface area contributed by atoms with Crippen LogP contribution in [0.5, 0.6) is 0 Å². The maximum absolute atomic E-state index is 4.33. The first-order valence-electron chi connectivity index (χ1n) is 5.48. The predicted molar refractivity (Wildman–Crippen MR) is 53.3 cm³/mol. The Bertz CT molecular complexity index is 340. The average Bonchev–Trinajstić information content (AvgIpc) is 2.81. The first-order valence-corrected chi connectivity index (χ1v) is 5.48. The highest BCUT2D eigenvalue weighted by atomic mass is 15.5. The minimum atomic E-state index is 0.600. The Kier molecular flexibility index (Phi) is 1.83. The number of likely N-dealkylation sites (N-methyl/N-ethyl adjacent to an activating group) is 1. The van der Waals surface area contributed by atoms with Gasteiger partial charge in [0, 0.05) is 12.5 Å². The SMILES string of the molecule is CNCC1CCc2c1nnn2C1CC1. The summed E-state index contributed by atoms with van der Waals surface area (Å²) in [5, 5.41) is 11.8. The van der Waals surface area contributed by atoms with E-state index in [1.54, 1.807) is 0 Å². The van der Waals surface area contributed by atoms with Gasteiger partial charge in [-0.05, 0) is 32.7 Å². The Morgan fingerprint density at radius 1 is 1.43 bits per heavy atom. The van der Waals surface area contributed by atoms with E-state index in [2.05, 4.69) is 20.3 Å². The molecule has 1 unspecified atom stereocenters. The van der Waals surface area contributed by atoms with Crippen LogP contribution in [0, 0.1) is 0 Å². The van der Waals surface area contributed by atoms with Crippen LogP contribution < -0.4 is 5.32 Å². The van der Waals surface area contributed by atoms with Crippen molar-refractivity contribution >= 4 is 0 Å². The van der Waals surface area contributed by atoms with Crippen molar-refractivity contribution in [2.45, 2.75) is 37.6 Å². The number of hydrogen-bond acceptors (Lipinski definition) is 3. The summed E-state index contributed by atoms with van der Waals surface area (Å²) in [6, 6.07) is 0.680. The smallest absolute Gasteiger partial charge is 0.0902 e. The van der Waals surface area contributed by atoms with Crippen LogP contribution in [0.25, 0.3) is 0 Å². The highest BCUT2D eigenvalue weighted by Crippen LogP contribution is 2.39. The van der Waals surface area contributed by atoms with Gasteiger partial charge in [-0.1, -0.05) is 5.21 Å². The fourth-order valence-electron chi connectivity index (χ4n) is 2.39. The van der Waals surface area contributed by atoms with Crippen LogP contribution in [0.3, 0.4) is 0 Å². The topological polar surface area (TPSA) is 42.7 Å². The van der Waals surface area contributed by atoms with Crippen molar-refractivity contribution in [3.05, 3.63) is 11.4 Å². The molecule has 4 nitrogen and oxygen atoms in total. The number of nitrogens with one attached hydrogen (secondary N) is 1. The van der Waals surface area contributed by atoms with Crippen LogP contribution in [0.1, 0.15) is 42.6 Å². The molecule has 0 spiro atoms. The van der Waals surface area contributed by atoms with Crippen LogP contribution >= 0.6 is 0 Å². The highest BCUT2D eigenvalue weighted by Gasteiger charge is 2.33. The van der Waals surface area contributed by atoms with Crippen LogP contribution in [0.2, 0.25) is 0 Å². The Morgan fingerprint density at radius 3 is 3.00 bits per heavy atom. The minimum absolute atomic E-state index is 0.600. The highest BCUT2D eigenvalue weighted by molar-refractivity contribution is 5.23. The summed E-state index contributed by atoms with van der Waals surface area (Å²) < 4.78 is 2.17. The van der Waals surface area contributed by atoms with E-state index in [0.29, 0.717) is 12.0 Å². The number of aromatic nitrogens is 3. The van der Waals surface area contributed by atoms with Crippen LogP contribution in [-0.2, 0) is 6.42 Å². The van der Waals surface area contributed by atoms with E-state index in [-0.39, 0.29) is 0 Å². The molecule has 0 aromatic carbocycles. The van der Waals surface area contributed by atoms with Gasteiger partial charge < -0.3 is 5.32 Å². The van der Waals surface area contributed by atoms with E-state index in [1.807, 2.05) is 7.05 Å². The summed E-state index contributed by atoms with van der Waals surface area (Å²) in [5.74, 6) is 0.600. The van der Waals surface area contributed by atoms with Gasteiger partial charge >= 0.3 is 0 Å². The largest absolute Gasteiger partial charge is 0.319 e. The molecule has 1 saturated carbocycles. The second kappa shape index (κ2) is 3.05. The number of nitrogens with zero attached hydrogens (tertiary/aromatic N) is 3. The lowest BCUT2D eigenvalue weighted by Gasteiger charge is -2.05. The fourth-order valence-corrected chi connectivity index (χ4v) is 2.39. The van der Waals surface area contributed by atoms with Gasteiger partial charge in [0.1, 0.15) is 0 Å². The van der Waals surface area contributed by atoms with E-state index < -0.39 is 0 Å². The Hall–Kier alpha value is -0.900. The third kappa shape index (κ3) is 1.17. The van der Waals surface area contributed by atoms with Crippen molar-refractivity contribution in [3.8, 4) is 0 Å². The fraction of sp³-hybridized carbons (Fsp3) is 0.800. The summed E-state index contributed by atoms with van der Waals surface area (Å²) in [4.78, 5) is 0. The van der Waals surface area contributed by atoms with Crippen molar-refractivity contribution in [2.24, 2.45) is 0 Å². The zero-order valence-corrected chi connectivity index (χ0v) is 8.53. The second-order valence-corrected chi connectivity index (χ2v) is 4.39. The van der Waals surface area contributed by atoms with Crippen molar-refractivity contribution < 1.29 is 0 Å². The van der Waals surface area contributed by atoms with E-state index in [0.717, 1.165) is 6.54 Å². The summed E-state index contributed by atoms with van der Waals surface area (Å²) >= 11 is 0. The maximum Gasteiger partial charge on any atom is 0.0902 e. The molecular weight excluding hydrogens is 176 g/mol. The summed E-state index contributed by atoms with van der Waals surface area (Å²) in [6.45, 7) is 1.04. The molecule has 0 saturated heterocycles. The molecule has 1 N–H and O–H groups in total. The molecule has 1 fully saturated rings. The second-order valence-electron chi connectivity index (χ2n) is 4.39. The quantitative estimate of drug-likeness (QED) is 0.772. The van der Waals surface area contributed by atoms with E-state index in [9.17, 15) is 0 Å². The Morgan fingerprint density at radius 2 is 2.29 bits per heavy atom. The number of fused-ring (bicyclic) bond motifs is 1. The molecule has 0 radical (unpaired) electrons. The summed E-state index contributed by atoms with van der Waals surface area (Å²) in [7, 11) is 2.00. The molecule has 3 rings (SSSR count). The van der Waals surface area contributed by atoms with Crippen molar-refractivity contribution in [1.82, 2.24) is 20.3 Å². The normalized spacial score (nSPS) is 25.4. The van der Waals surface area contributed by atoms with Gasteiger partial charge in [0.05, 0.1) is 17.4 Å². The van der Waals surface area contributed by atoms with Gasteiger partial charge in [-0.15, -0.1) is 5.10 Å². The van der Waals surface area contributed by atoms with Gasteiger partial charge in [0.25, 0.3) is 0 Å². The molecule has 4 heteroatoms. The first kappa shape index (κ1) is 8.41. The lowest BCUT2D eigenvalue weighted by atomic mass is 10.1. The molecule has 0 aliphatic heterocycles. The molecule has 2 aliphatic carbocycles. The van der Waals surface area contributed by atoms with Gasteiger partial charge in [-0.2, -0.15) is 0 Å². The molecular formula is C10H16N4. The summed E-state index contributed by atoms with van der Waals surface area (Å²) in [5.41, 5.74) is 2.67. The van der Waals surface area contributed by atoms with Crippen molar-refractivity contribution in [1.29, 1.82) is 0 Å². The molecule has 2 aliphatic rings. The lowest BCUT2D eigenvalue weighted by molar-refractivity contribution is 0.553. The van der Waals surface area contributed by atoms with Gasteiger partial charge in [0.2, 0.25) is 0 Å². The molecule has 76 valence electrons. The van der Waals surface area contributed by atoms with Gasteiger partial charge in [-0.25, -0.2) is 4.68 Å². The average molecular weight is 192 g/mol. The number of hydrogen-bond donors (Lipinski definition) is 1. The number of rotatable bonds is 3. The van der Waals surface area contributed by atoms with Gasteiger partial charge in [0.15, 0.2) is 0 Å². The maximum atomic E-state index is 4.33. The van der Waals surface area contributed by atoms with Crippen LogP contribution in [-0.4, -0.2) is 28.6 Å². The van der Waals surface area contributed by atoms with Crippen molar-refractivity contribution in [2.75, 3.05) is 13.6 Å². The molecule has 1 heterocycles. The van der Waals surface area contributed by atoms with Crippen molar-refractivity contribution in [3.63, 3.8) is 0 Å². The van der Waals surface area contributed by atoms with Crippen LogP contribution in [0.15, 0.2) is 0 Å². The predicted octanol–water partition coefficient (Wildman–Crippen LogP) is 0.862. The minimum Gasteiger partial charge on any atom is -0.319 e. The molecule has 1 aromatic heterocycles. The monoisotopic (exact) mass is 192 g/mol. The van der Waals surface area contributed by atoms with Gasteiger partial charge in [-0.3, -0.25) is 0 Å². The Balaban J connectivity index is 1.89. The zero-order valence-electron chi connectivity index (χ0n) is 8.53. The molecule has 1 aromatic rings. The third-order valence-electron chi connectivity index (χ3n) is 3.28.